The number of fused-ring (bicyclic) bond motifs is 1. The summed E-state index contributed by atoms with van der Waals surface area (Å²) >= 11 is 0. The Morgan fingerprint density at radius 3 is 2.61 bits per heavy atom. The van der Waals surface area contributed by atoms with Gasteiger partial charge in [-0.15, -0.1) is 0 Å². The van der Waals surface area contributed by atoms with Crippen LogP contribution in [0.5, 0.6) is 11.5 Å². The Labute approximate surface area is 133 Å². The van der Waals surface area contributed by atoms with E-state index in [1.54, 1.807) is 18.2 Å². The number of aromatic nitrogens is 1. The van der Waals surface area contributed by atoms with Crippen LogP contribution in [0, 0.1) is 0 Å². The lowest BCUT2D eigenvalue weighted by atomic mass is 10.2. The first kappa shape index (κ1) is 15.0. The number of hydrogen-bond donors (Lipinski definition) is 2. The molecule has 0 radical (unpaired) electrons. The molecule has 7 heteroatoms. The fourth-order valence-electron chi connectivity index (χ4n) is 2.17. The number of nitrogens with zero attached hydrogens (tertiary/aromatic N) is 1. The maximum absolute atomic E-state index is 12.0. The van der Waals surface area contributed by atoms with E-state index >= 15 is 0 Å². The highest BCUT2D eigenvalue weighted by atomic mass is 16.6. The molecule has 7 nitrogen and oxygen atoms in total. The highest BCUT2D eigenvalue weighted by molar-refractivity contribution is 5.85. The van der Waals surface area contributed by atoms with Crippen LogP contribution in [-0.4, -0.2) is 29.1 Å². The van der Waals surface area contributed by atoms with Crippen LogP contribution in [0.4, 0.5) is 0 Å². The van der Waals surface area contributed by atoms with Gasteiger partial charge in [0.15, 0.2) is 11.5 Å². The average molecular weight is 315 g/mol. The SMILES string of the molecule is O=C(CCn1cccc1)NNC(=O)C1COc2ccccc2O1. The summed E-state index contributed by atoms with van der Waals surface area (Å²) in [6.07, 6.45) is 3.21. The number of carbonyl (C=O) groups excluding carboxylic acids is 2. The molecule has 2 aromatic rings. The number of para-hydroxylation sites is 2. The minimum Gasteiger partial charge on any atom is -0.485 e. The van der Waals surface area contributed by atoms with E-state index in [1.165, 1.54) is 0 Å². The van der Waals surface area contributed by atoms with Gasteiger partial charge in [0, 0.05) is 25.4 Å². The number of rotatable bonds is 4. The lowest BCUT2D eigenvalue weighted by Crippen LogP contribution is -2.50. The van der Waals surface area contributed by atoms with Crippen molar-refractivity contribution in [3.05, 3.63) is 48.8 Å². The van der Waals surface area contributed by atoms with E-state index in [1.807, 2.05) is 35.2 Å². The van der Waals surface area contributed by atoms with Crippen LogP contribution in [0.1, 0.15) is 6.42 Å². The summed E-state index contributed by atoms with van der Waals surface area (Å²) in [7, 11) is 0. The summed E-state index contributed by atoms with van der Waals surface area (Å²) in [5.74, 6) is 0.392. The van der Waals surface area contributed by atoms with Crippen molar-refractivity contribution in [2.24, 2.45) is 0 Å². The summed E-state index contributed by atoms with van der Waals surface area (Å²) in [5, 5.41) is 0. The molecule has 0 bridgehead atoms. The van der Waals surface area contributed by atoms with Crippen LogP contribution >= 0.6 is 0 Å². The van der Waals surface area contributed by atoms with Crippen molar-refractivity contribution in [3.63, 3.8) is 0 Å². The van der Waals surface area contributed by atoms with Gasteiger partial charge in [0.2, 0.25) is 12.0 Å². The van der Waals surface area contributed by atoms with Crippen LogP contribution in [0.25, 0.3) is 0 Å². The third-order valence-electron chi connectivity index (χ3n) is 3.39. The summed E-state index contributed by atoms with van der Waals surface area (Å²) in [4.78, 5) is 23.7. The molecular weight excluding hydrogens is 298 g/mol. The minimum atomic E-state index is -0.797. The van der Waals surface area contributed by atoms with E-state index < -0.39 is 12.0 Å². The van der Waals surface area contributed by atoms with Gasteiger partial charge in [0.05, 0.1) is 0 Å². The van der Waals surface area contributed by atoms with Gasteiger partial charge < -0.3 is 14.0 Å². The van der Waals surface area contributed by atoms with E-state index in [0.29, 0.717) is 18.0 Å². The van der Waals surface area contributed by atoms with Gasteiger partial charge in [-0.05, 0) is 24.3 Å². The first-order valence-electron chi connectivity index (χ1n) is 7.30. The topological polar surface area (TPSA) is 81.6 Å². The van der Waals surface area contributed by atoms with Gasteiger partial charge >= 0.3 is 0 Å². The Balaban J connectivity index is 1.44. The number of nitrogens with one attached hydrogen (secondary N) is 2. The quantitative estimate of drug-likeness (QED) is 0.820. The molecule has 0 saturated heterocycles. The molecule has 1 aliphatic rings. The zero-order valence-corrected chi connectivity index (χ0v) is 12.4. The molecule has 1 aromatic heterocycles. The molecule has 1 aromatic carbocycles. The second-order valence-electron chi connectivity index (χ2n) is 5.07. The molecule has 0 spiro atoms. The first-order chi connectivity index (χ1) is 11.2. The molecule has 0 saturated carbocycles. The smallest absolute Gasteiger partial charge is 0.283 e. The Bertz CT molecular complexity index is 684. The van der Waals surface area contributed by atoms with Gasteiger partial charge in [-0.2, -0.15) is 0 Å². The number of aryl methyl sites for hydroxylation is 1. The summed E-state index contributed by atoms with van der Waals surface area (Å²) in [5.41, 5.74) is 4.74. The molecule has 3 rings (SSSR count). The van der Waals surface area contributed by atoms with Crippen LogP contribution < -0.4 is 20.3 Å². The Morgan fingerprint density at radius 1 is 1.09 bits per heavy atom. The molecule has 0 fully saturated rings. The van der Waals surface area contributed by atoms with E-state index in [9.17, 15) is 9.59 Å². The first-order valence-corrected chi connectivity index (χ1v) is 7.30. The number of amides is 2. The number of hydrogen-bond acceptors (Lipinski definition) is 4. The van der Waals surface area contributed by atoms with Gasteiger partial charge in [-0.25, -0.2) is 0 Å². The molecule has 23 heavy (non-hydrogen) atoms. The van der Waals surface area contributed by atoms with Crippen molar-refractivity contribution < 1.29 is 19.1 Å². The maximum Gasteiger partial charge on any atom is 0.283 e. The molecule has 2 N–H and O–H groups in total. The molecule has 120 valence electrons. The Hall–Kier alpha value is -2.96. The zero-order valence-electron chi connectivity index (χ0n) is 12.4. The van der Waals surface area contributed by atoms with E-state index in [4.69, 9.17) is 9.47 Å². The molecule has 1 atom stereocenters. The number of benzene rings is 1. The van der Waals surface area contributed by atoms with Crippen LogP contribution in [0.15, 0.2) is 48.8 Å². The molecule has 1 aliphatic heterocycles. The maximum atomic E-state index is 12.0. The monoisotopic (exact) mass is 315 g/mol. The average Bonchev–Trinajstić information content (AvgIpc) is 3.11. The summed E-state index contributed by atoms with van der Waals surface area (Å²) in [6, 6.07) is 10.9. The normalized spacial score (nSPS) is 15.7. The fourth-order valence-corrected chi connectivity index (χ4v) is 2.17. The van der Waals surface area contributed by atoms with Gasteiger partial charge in [0.1, 0.15) is 6.61 Å². The fraction of sp³-hybridized carbons (Fsp3) is 0.250. The number of carbonyl (C=O) groups is 2. The summed E-state index contributed by atoms with van der Waals surface area (Å²) in [6.45, 7) is 0.646. The van der Waals surface area contributed by atoms with E-state index in [-0.39, 0.29) is 18.9 Å². The van der Waals surface area contributed by atoms with Crippen molar-refractivity contribution in [2.75, 3.05) is 6.61 Å². The van der Waals surface area contributed by atoms with Crippen molar-refractivity contribution in [1.82, 2.24) is 15.4 Å². The molecule has 2 heterocycles. The Kier molecular flexibility index (Phi) is 4.46. The Morgan fingerprint density at radius 2 is 1.83 bits per heavy atom. The minimum absolute atomic E-state index is 0.0993. The van der Waals surface area contributed by atoms with Crippen molar-refractivity contribution in [1.29, 1.82) is 0 Å². The molecule has 2 amide bonds. The van der Waals surface area contributed by atoms with Gasteiger partial charge in [-0.3, -0.25) is 20.4 Å². The van der Waals surface area contributed by atoms with E-state index in [0.717, 1.165) is 0 Å². The predicted molar refractivity (Wildman–Crippen MR) is 81.7 cm³/mol. The van der Waals surface area contributed by atoms with Crippen molar-refractivity contribution in [2.45, 2.75) is 19.1 Å². The lowest BCUT2D eigenvalue weighted by molar-refractivity contribution is -0.135. The molecular formula is C16H17N3O4. The summed E-state index contributed by atoms with van der Waals surface area (Å²) < 4.78 is 12.9. The highest BCUT2D eigenvalue weighted by Crippen LogP contribution is 2.30. The van der Waals surface area contributed by atoms with Gasteiger partial charge in [-0.1, -0.05) is 12.1 Å². The zero-order chi connectivity index (χ0) is 16.1. The second kappa shape index (κ2) is 6.87. The third-order valence-corrected chi connectivity index (χ3v) is 3.39. The second-order valence-corrected chi connectivity index (χ2v) is 5.07. The van der Waals surface area contributed by atoms with Crippen molar-refractivity contribution in [3.8, 4) is 11.5 Å². The largest absolute Gasteiger partial charge is 0.485 e. The number of hydrazine groups is 1. The van der Waals surface area contributed by atoms with Crippen LogP contribution in [-0.2, 0) is 16.1 Å². The molecule has 1 unspecified atom stereocenters. The standard InChI is InChI=1S/C16H17N3O4/c20-15(7-10-19-8-3-4-9-19)17-18-16(21)14-11-22-12-5-1-2-6-13(12)23-14/h1-6,8-9,14H,7,10-11H2,(H,17,20)(H,18,21). The predicted octanol–water partition coefficient (Wildman–Crippen LogP) is 0.866. The van der Waals surface area contributed by atoms with Gasteiger partial charge in [0.25, 0.3) is 5.91 Å². The lowest BCUT2D eigenvalue weighted by Gasteiger charge is -2.25. The molecule has 0 aliphatic carbocycles. The number of ether oxygens (including phenoxy) is 2. The third kappa shape index (κ3) is 3.82. The highest BCUT2D eigenvalue weighted by Gasteiger charge is 2.27. The van der Waals surface area contributed by atoms with E-state index in [2.05, 4.69) is 10.9 Å². The van der Waals surface area contributed by atoms with Crippen LogP contribution in [0.2, 0.25) is 0 Å². The van der Waals surface area contributed by atoms with Crippen LogP contribution in [0.3, 0.4) is 0 Å². The van der Waals surface area contributed by atoms with Crippen molar-refractivity contribution >= 4 is 11.8 Å².